The van der Waals surface area contributed by atoms with Crippen molar-refractivity contribution in [2.45, 2.75) is 25.8 Å². The molecule has 0 aliphatic carbocycles. The van der Waals surface area contributed by atoms with Gasteiger partial charge in [0.15, 0.2) is 5.76 Å². The van der Waals surface area contributed by atoms with Gasteiger partial charge in [-0.15, -0.1) is 0 Å². The second-order valence-electron chi connectivity index (χ2n) is 7.44. The number of fused-ring (bicyclic) bond motifs is 1. The molecule has 158 valence electrons. The highest BCUT2D eigenvalue weighted by Crippen LogP contribution is 2.32. The van der Waals surface area contributed by atoms with Gasteiger partial charge in [0.05, 0.1) is 18.7 Å². The lowest BCUT2D eigenvalue weighted by Gasteiger charge is -2.36. The summed E-state index contributed by atoms with van der Waals surface area (Å²) in [6, 6.07) is 17.7. The van der Waals surface area contributed by atoms with Gasteiger partial charge in [-0.25, -0.2) is 0 Å². The Kier molecular flexibility index (Phi) is 5.84. The van der Waals surface area contributed by atoms with Crippen LogP contribution in [0.4, 0.5) is 11.4 Å². The third-order valence-corrected chi connectivity index (χ3v) is 5.37. The van der Waals surface area contributed by atoms with Crippen molar-refractivity contribution < 1.29 is 18.8 Å². The smallest absolute Gasteiger partial charge is 0.291 e. The number of amides is 3. The van der Waals surface area contributed by atoms with Crippen molar-refractivity contribution >= 4 is 29.1 Å². The molecule has 1 aromatic heterocycles. The van der Waals surface area contributed by atoms with Gasteiger partial charge >= 0.3 is 0 Å². The first-order chi connectivity index (χ1) is 15.0. The van der Waals surface area contributed by atoms with Gasteiger partial charge in [-0.2, -0.15) is 0 Å². The van der Waals surface area contributed by atoms with Crippen LogP contribution in [0.2, 0.25) is 0 Å². The molecule has 2 heterocycles. The van der Waals surface area contributed by atoms with Crippen LogP contribution >= 0.6 is 0 Å². The summed E-state index contributed by atoms with van der Waals surface area (Å²) < 4.78 is 5.07. The summed E-state index contributed by atoms with van der Waals surface area (Å²) >= 11 is 0. The second kappa shape index (κ2) is 8.87. The predicted molar refractivity (Wildman–Crippen MR) is 117 cm³/mol. The number of hydrogen-bond acceptors (Lipinski definition) is 4. The summed E-state index contributed by atoms with van der Waals surface area (Å²) in [6.07, 6.45) is 2.40. The normalized spacial score (nSPS) is 15.1. The quantitative estimate of drug-likeness (QED) is 0.656. The van der Waals surface area contributed by atoms with Crippen molar-refractivity contribution in [3.63, 3.8) is 0 Å². The molecular weight excluding hydrogens is 394 g/mol. The zero-order valence-corrected chi connectivity index (χ0v) is 17.1. The van der Waals surface area contributed by atoms with E-state index in [1.54, 1.807) is 41.3 Å². The van der Waals surface area contributed by atoms with Crippen molar-refractivity contribution in [3.05, 3.63) is 83.8 Å². The highest BCUT2D eigenvalue weighted by atomic mass is 16.3. The summed E-state index contributed by atoms with van der Waals surface area (Å²) in [5, 5.41) is 5.61. The van der Waals surface area contributed by atoms with E-state index in [0.29, 0.717) is 17.9 Å². The number of furan rings is 1. The molecule has 3 aromatic rings. The minimum atomic E-state index is -0.345. The van der Waals surface area contributed by atoms with Crippen LogP contribution in [0.1, 0.15) is 41.1 Å². The molecule has 3 amide bonds. The maximum Gasteiger partial charge on any atom is 0.291 e. The van der Waals surface area contributed by atoms with E-state index in [9.17, 15) is 14.4 Å². The molecule has 7 heteroatoms. The zero-order valence-electron chi connectivity index (χ0n) is 17.1. The summed E-state index contributed by atoms with van der Waals surface area (Å²) in [5.41, 5.74) is 3.40. The maximum atomic E-state index is 12.7. The fraction of sp³-hybridized carbons (Fsp3) is 0.208. The average Bonchev–Trinajstić information content (AvgIpc) is 3.30. The lowest BCUT2D eigenvalue weighted by Crippen LogP contribution is -2.40. The molecule has 1 aliphatic rings. The first-order valence-corrected chi connectivity index (χ1v) is 10.1. The highest BCUT2D eigenvalue weighted by Gasteiger charge is 2.30. The van der Waals surface area contributed by atoms with E-state index in [2.05, 4.69) is 10.6 Å². The Morgan fingerprint density at radius 2 is 1.68 bits per heavy atom. The standard InChI is InChI=1S/C24H23N3O4/c1-16(28)27-13-12-17-5-2-3-6-20(17)21(27)15-23(29)25-18-8-10-19(11-9-18)26-24(30)22-7-4-14-31-22/h2-11,14,21H,12-13,15H2,1H3,(H,25,29)(H,26,30). The monoisotopic (exact) mass is 417 g/mol. The molecule has 0 spiro atoms. The number of nitrogens with zero attached hydrogens (tertiary/aromatic N) is 1. The van der Waals surface area contributed by atoms with E-state index in [4.69, 9.17) is 4.42 Å². The van der Waals surface area contributed by atoms with E-state index in [0.717, 1.165) is 12.0 Å². The molecule has 0 bridgehead atoms. The van der Waals surface area contributed by atoms with Crippen LogP contribution in [0.3, 0.4) is 0 Å². The third-order valence-electron chi connectivity index (χ3n) is 5.37. The Morgan fingerprint density at radius 3 is 2.35 bits per heavy atom. The molecule has 4 rings (SSSR count). The number of anilines is 2. The van der Waals surface area contributed by atoms with Crippen molar-refractivity contribution in [2.75, 3.05) is 17.2 Å². The zero-order chi connectivity index (χ0) is 21.8. The first-order valence-electron chi connectivity index (χ1n) is 10.1. The van der Waals surface area contributed by atoms with E-state index < -0.39 is 0 Å². The Morgan fingerprint density at radius 1 is 0.968 bits per heavy atom. The number of hydrogen-bond donors (Lipinski definition) is 2. The van der Waals surface area contributed by atoms with Crippen molar-refractivity contribution in [2.24, 2.45) is 0 Å². The molecule has 31 heavy (non-hydrogen) atoms. The SMILES string of the molecule is CC(=O)N1CCc2ccccc2C1CC(=O)Nc1ccc(NC(=O)c2ccco2)cc1. The van der Waals surface area contributed by atoms with Crippen molar-refractivity contribution in [1.82, 2.24) is 4.90 Å². The predicted octanol–water partition coefficient (Wildman–Crippen LogP) is 4.01. The minimum absolute atomic E-state index is 0.0380. The van der Waals surface area contributed by atoms with Gasteiger partial charge in [0.25, 0.3) is 5.91 Å². The molecule has 0 fully saturated rings. The Bertz CT molecular complexity index is 1090. The second-order valence-corrected chi connectivity index (χ2v) is 7.44. The number of benzene rings is 2. The Labute approximate surface area is 180 Å². The van der Waals surface area contributed by atoms with Crippen LogP contribution < -0.4 is 10.6 Å². The topological polar surface area (TPSA) is 91.7 Å². The van der Waals surface area contributed by atoms with Crippen LogP contribution in [0, 0.1) is 0 Å². The van der Waals surface area contributed by atoms with E-state index in [-0.39, 0.29) is 35.9 Å². The van der Waals surface area contributed by atoms with Crippen LogP contribution in [-0.4, -0.2) is 29.2 Å². The van der Waals surface area contributed by atoms with E-state index in [1.165, 1.54) is 18.8 Å². The summed E-state index contributed by atoms with van der Waals surface area (Å²) in [4.78, 5) is 38.7. The molecule has 2 N–H and O–H groups in total. The third kappa shape index (κ3) is 4.66. The molecule has 1 aliphatic heterocycles. The molecular formula is C24H23N3O4. The molecule has 1 unspecified atom stereocenters. The maximum absolute atomic E-state index is 12.7. The summed E-state index contributed by atoms with van der Waals surface area (Å²) in [6.45, 7) is 2.14. The lowest BCUT2D eigenvalue weighted by molar-refractivity contribution is -0.132. The van der Waals surface area contributed by atoms with Gasteiger partial charge in [0, 0.05) is 24.8 Å². The number of nitrogens with one attached hydrogen (secondary N) is 2. The first kappa shape index (κ1) is 20.4. The number of carbonyl (C=O) groups is 3. The summed E-state index contributed by atoms with van der Waals surface area (Å²) in [7, 11) is 0. The highest BCUT2D eigenvalue weighted by molar-refractivity contribution is 6.02. The van der Waals surface area contributed by atoms with Crippen LogP contribution in [0.5, 0.6) is 0 Å². The van der Waals surface area contributed by atoms with Gasteiger partial charge in [-0.05, 0) is 53.9 Å². The Balaban J connectivity index is 1.41. The van der Waals surface area contributed by atoms with Gasteiger partial charge < -0.3 is 20.0 Å². The van der Waals surface area contributed by atoms with Gasteiger partial charge in [0.1, 0.15) is 0 Å². The average molecular weight is 417 g/mol. The number of carbonyl (C=O) groups excluding carboxylic acids is 3. The van der Waals surface area contributed by atoms with E-state index in [1.807, 2.05) is 24.3 Å². The van der Waals surface area contributed by atoms with E-state index >= 15 is 0 Å². The lowest BCUT2D eigenvalue weighted by atomic mass is 9.90. The summed E-state index contributed by atoms with van der Waals surface area (Å²) in [5.74, 6) is -0.341. The largest absolute Gasteiger partial charge is 0.459 e. The van der Waals surface area contributed by atoms with Crippen LogP contribution in [0.25, 0.3) is 0 Å². The van der Waals surface area contributed by atoms with Gasteiger partial charge in [0.2, 0.25) is 11.8 Å². The minimum Gasteiger partial charge on any atom is -0.459 e. The molecule has 0 radical (unpaired) electrons. The van der Waals surface area contributed by atoms with Gasteiger partial charge in [-0.1, -0.05) is 24.3 Å². The van der Waals surface area contributed by atoms with Crippen molar-refractivity contribution in [1.29, 1.82) is 0 Å². The fourth-order valence-corrected chi connectivity index (χ4v) is 3.87. The molecule has 0 saturated heterocycles. The van der Waals surface area contributed by atoms with Crippen LogP contribution in [0.15, 0.2) is 71.3 Å². The Hall–Kier alpha value is -3.87. The molecule has 1 atom stereocenters. The molecule has 7 nitrogen and oxygen atoms in total. The molecule has 2 aromatic carbocycles. The fourth-order valence-electron chi connectivity index (χ4n) is 3.87. The van der Waals surface area contributed by atoms with Gasteiger partial charge in [-0.3, -0.25) is 14.4 Å². The van der Waals surface area contributed by atoms with Crippen molar-refractivity contribution in [3.8, 4) is 0 Å². The number of rotatable bonds is 5. The van der Waals surface area contributed by atoms with Crippen LogP contribution in [-0.2, 0) is 16.0 Å². The molecule has 0 saturated carbocycles.